The highest BCUT2D eigenvalue weighted by Crippen LogP contribution is 2.37. The Morgan fingerprint density at radius 2 is 1.70 bits per heavy atom. The minimum atomic E-state index is -0.170. The van der Waals surface area contributed by atoms with Crippen molar-refractivity contribution in [1.82, 2.24) is 0 Å². The largest absolute Gasteiger partial charge is 0.398 e. The first kappa shape index (κ1) is 21.8. The second-order valence-corrected chi connectivity index (χ2v) is 8.50. The summed E-state index contributed by atoms with van der Waals surface area (Å²) in [5, 5.41) is 0. The third-order valence-corrected chi connectivity index (χ3v) is 6.71. The molecule has 0 bridgehead atoms. The lowest BCUT2D eigenvalue weighted by molar-refractivity contribution is 0.420. The fourth-order valence-corrected chi connectivity index (χ4v) is 4.22. The number of rotatable bonds is 8. The predicted molar refractivity (Wildman–Crippen MR) is 120 cm³/mol. The van der Waals surface area contributed by atoms with Crippen molar-refractivity contribution in [3.63, 3.8) is 0 Å². The van der Waals surface area contributed by atoms with Crippen molar-refractivity contribution in [2.24, 2.45) is 11.7 Å². The molecular formula is C25H40N2. The van der Waals surface area contributed by atoms with E-state index in [1.54, 1.807) is 0 Å². The van der Waals surface area contributed by atoms with Crippen molar-refractivity contribution < 1.29 is 0 Å². The molecule has 0 spiro atoms. The highest BCUT2D eigenvalue weighted by molar-refractivity contribution is 5.58. The van der Waals surface area contributed by atoms with Gasteiger partial charge in [0.1, 0.15) is 0 Å². The normalized spacial score (nSPS) is 22.2. The van der Waals surface area contributed by atoms with Crippen LogP contribution >= 0.6 is 0 Å². The highest BCUT2D eigenvalue weighted by atomic mass is 14.7. The Kier molecular flexibility index (Phi) is 7.33. The molecule has 3 atom stereocenters. The molecule has 1 aromatic rings. The van der Waals surface area contributed by atoms with E-state index in [0.717, 1.165) is 44.2 Å². The van der Waals surface area contributed by atoms with E-state index in [2.05, 4.69) is 65.8 Å². The standard InChI is InChI=1S/C25H40N2/c1-7-17(5)22-15-20(14-21(9-3)24(22)26)13-19-11-12-25(27,10-4)23(16-19)18(6)8-2/h11,14-18H,7-10,12-13,26-27H2,1-6H3. The van der Waals surface area contributed by atoms with Crippen LogP contribution in [0.2, 0.25) is 0 Å². The quantitative estimate of drug-likeness (QED) is 0.529. The number of anilines is 1. The number of hydrogen-bond acceptors (Lipinski definition) is 2. The Morgan fingerprint density at radius 1 is 1.04 bits per heavy atom. The molecule has 0 fully saturated rings. The van der Waals surface area contributed by atoms with Crippen molar-refractivity contribution in [1.29, 1.82) is 0 Å². The van der Waals surface area contributed by atoms with Crippen molar-refractivity contribution in [2.75, 3.05) is 5.73 Å². The van der Waals surface area contributed by atoms with Gasteiger partial charge in [0, 0.05) is 11.2 Å². The summed E-state index contributed by atoms with van der Waals surface area (Å²) in [5.74, 6) is 1.03. The average Bonchev–Trinajstić information content (AvgIpc) is 2.69. The molecule has 150 valence electrons. The van der Waals surface area contributed by atoms with Crippen LogP contribution in [0.4, 0.5) is 5.69 Å². The smallest absolute Gasteiger partial charge is 0.0407 e. The van der Waals surface area contributed by atoms with Gasteiger partial charge < -0.3 is 11.5 Å². The molecule has 0 aromatic heterocycles. The van der Waals surface area contributed by atoms with E-state index in [9.17, 15) is 0 Å². The lowest BCUT2D eigenvalue weighted by Gasteiger charge is -2.37. The first-order valence-corrected chi connectivity index (χ1v) is 10.9. The summed E-state index contributed by atoms with van der Waals surface area (Å²) in [7, 11) is 0. The molecule has 27 heavy (non-hydrogen) atoms. The van der Waals surface area contributed by atoms with Gasteiger partial charge in [-0.25, -0.2) is 0 Å². The van der Waals surface area contributed by atoms with Crippen LogP contribution in [-0.4, -0.2) is 5.54 Å². The number of nitrogen functional groups attached to an aromatic ring is 1. The summed E-state index contributed by atoms with van der Waals surface area (Å²) >= 11 is 0. The van der Waals surface area contributed by atoms with E-state index in [4.69, 9.17) is 11.5 Å². The molecule has 0 heterocycles. The van der Waals surface area contributed by atoms with E-state index in [0.29, 0.717) is 11.8 Å². The molecule has 1 aliphatic rings. The van der Waals surface area contributed by atoms with Crippen molar-refractivity contribution in [3.05, 3.63) is 52.1 Å². The molecule has 4 N–H and O–H groups in total. The fourth-order valence-electron chi connectivity index (χ4n) is 4.22. The third-order valence-electron chi connectivity index (χ3n) is 6.71. The average molecular weight is 369 g/mol. The van der Waals surface area contributed by atoms with Gasteiger partial charge in [0.2, 0.25) is 0 Å². The fraction of sp³-hybridized carbons (Fsp3) is 0.600. The summed E-state index contributed by atoms with van der Waals surface area (Å²) in [6.07, 6.45) is 10.9. The number of allylic oxidation sites excluding steroid dienone is 2. The van der Waals surface area contributed by atoms with Gasteiger partial charge in [-0.15, -0.1) is 0 Å². The Morgan fingerprint density at radius 3 is 2.26 bits per heavy atom. The van der Waals surface area contributed by atoms with Crippen LogP contribution in [0.15, 0.2) is 35.4 Å². The molecule has 1 aliphatic carbocycles. The van der Waals surface area contributed by atoms with Crippen molar-refractivity contribution in [2.45, 2.75) is 91.5 Å². The van der Waals surface area contributed by atoms with Crippen molar-refractivity contribution >= 4 is 5.69 Å². The molecule has 0 saturated heterocycles. The van der Waals surface area contributed by atoms with Crippen LogP contribution in [0, 0.1) is 5.92 Å². The minimum absolute atomic E-state index is 0.170. The second-order valence-electron chi connectivity index (χ2n) is 8.50. The first-order chi connectivity index (χ1) is 12.8. The highest BCUT2D eigenvalue weighted by Gasteiger charge is 2.32. The molecule has 0 saturated carbocycles. The van der Waals surface area contributed by atoms with E-state index in [1.165, 1.54) is 27.8 Å². The summed E-state index contributed by atoms with van der Waals surface area (Å²) in [6.45, 7) is 13.5. The Balaban J connectivity index is 2.38. The topological polar surface area (TPSA) is 52.0 Å². The van der Waals surface area contributed by atoms with Crippen LogP contribution in [0.5, 0.6) is 0 Å². The number of benzene rings is 1. The van der Waals surface area contributed by atoms with Gasteiger partial charge in [-0.2, -0.15) is 0 Å². The number of hydrogen-bond donors (Lipinski definition) is 2. The zero-order valence-corrected chi connectivity index (χ0v) is 18.4. The zero-order valence-electron chi connectivity index (χ0n) is 18.4. The van der Waals surface area contributed by atoms with E-state index >= 15 is 0 Å². The predicted octanol–water partition coefficient (Wildman–Crippen LogP) is 6.30. The van der Waals surface area contributed by atoms with Gasteiger partial charge in [0.15, 0.2) is 0 Å². The lowest BCUT2D eigenvalue weighted by Crippen LogP contribution is -2.44. The van der Waals surface area contributed by atoms with Crippen LogP contribution < -0.4 is 11.5 Å². The molecule has 2 nitrogen and oxygen atoms in total. The van der Waals surface area contributed by atoms with Crippen LogP contribution in [0.3, 0.4) is 0 Å². The Hall–Kier alpha value is -1.54. The van der Waals surface area contributed by atoms with Gasteiger partial charge in [-0.3, -0.25) is 0 Å². The maximum absolute atomic E-state index is 6.75. The summed E-state index contributed by atoms with van der Waals surface area (Å²) in [4.78, 5) is 0. The lowest BCUT2D eigenvalue weighted by atomic mass is 9.73. The minimum Gasteiger partial charge on any atom is -0.398 e. The molecule has 1 aromatic carbocycles. The Bertz CT molecular complexity index is 713. The maximum Gasteiger partial charge on any atom is 0.0407 e. The SMILES string of the molecule is CCc1cc(CC2=CCC(N)(CC)C(C(C)CC)=C2)cc(C(C)CC)c1N. The molecule has 0 aliphatic heterocycles. The van der Waals surface area contributed by atoms with E-state index < -0.39 is 0 Å². The molecule has 3 unspecified atom stereocenters. The summed E-state index contributed by atoms with van der Waals surface area (Å²) in [5.41, 5.74) is 20.9. The molecule has 0 radical (unpaired) electrons. The van der Waals surface area contributed by atoms with E-state index in [1.807, 2.05) is 0 Å². The third kappa shape index (κ3) is 4.66. The Labute approximate surface area is 167 Å². The molecule has 2 heteroatoms. The van der Waals surface area contributed by atoms with Gasteiger partial charge >= 0.3 is 0 Å². The van der Waals surface area contributed by atoms with Crippen LogP contribution in [0.25, 0.3) is 0 Å². The number of nitrogens with two attached hydrogens (primary N) is 2. The molecule has 2 rings (SSSR count). The molecular weight excluding hydrogens is 328 g/mol. The summed E-state index contributed by atoms with van der Waals surface area (Å²) in [6, 6.07) is 4.65. The molecule has 0 amide bonds. The van der Waals surface area contributed by atoms with Gasteiger partial charge in [-0.05, 0) is 78.2 Å². The van der Waals surface area contributed by atoms with Gasteiger partial charge in [0.05, 0.1) is 0 Å². The number of aryl methyl sites for hydroxylation is 1. The monoisotopic (exact) mass is 368 g/mol. The van der Waals surface area contributed by atoms with Gasteiger partial charge in [-0.1, -0.05) is 65.8 Å². The van der Waals surface area contributed by atoms with Gasteiger partial charge in [0.25, 0.3) is 0 Å². The van der Waals surface area contributed by atoms with E-state index in [-0.39, 0.29) is 5.54 Å². The maximum atomic E-state index is 6.75. The van der Waals surface area contributed by atoms with Crippen LogP contribution in [-0.2, 0) is 12.8 Å². The van der Waals surface area contributed by atoms with Crippen molar-refractivity contribution in [3.8, 4) is 0 Å². The summed E-state index contributed by atoms with van der Waals surface area (Å²) < 4.78 is 0. The van der Waals surface area contributed by atoms with Crippen LogP contribution in [0.1, 0.15) is 89.8 Å². The first-order valence-electron chi connectivity index (χ1n) is 10.9. The second kappa shape index (κ2) is 9.10. The zero-order chi connectivity index (χ0) is 20.2.